The van der Waals surface area contributed by atoms with Crippen molar-refractivity contribution in [1.29, 1.82) is 5.26 Å². The summed E-state index contributed by atoms with van der Waals surface area (Å²) in [5.74, 6) is 0. The van der Waals surface area contributed by atoms with Gasteiger partial charge in [-0.05, 0) is 42.4 Å². The summed E-state index contributed by atoms with van der Waals surface area (Å²) < 4.78 is 27.7. The number of nitrogens with one attached hydrogen (secondary N) is 1. The minimum atomic E-state index is -3.86. The minimum absolute atomic E-state index is 0.0749. The summed E-state index contributed by atoms with van der Waals surface area (Å²) in [6.07, 6.45) is 4.36. The van der Waals surface area contributed by atoms with Crippen molar-refractivity contribution in [2.24, 2.45) is 0 Å². The third-order valence-corrected chi connectivity index (χ3v) is 6.47. The molecular weight excluding hydrogens is 350 g/mol. The van der Waals surface area contributed by atoms with Crippen LogP contribution in [-0.4, -0.2) is 13.4 Å². The summed E-state index contributed by atoms with van der Waals surface area (Å²) in [7, 11) is -4.71. The topological polar surface area (TPSA) is 82.8 Å². The van der Waals surface area contributed by atoms with Gasteiger partial charge in [0.15, 0.2) is 4.91 Å². The van der Waals surface area contributed by atoms with Crippen molar-refractivity contribution in [2.45, 2.75) is 16.7 Å². The zero-order chi connectivity index (χ0) is 16.9. The molecule has 118 valence electrons. The van der Waals surface area contributed by atoms with Gasteiger partial charge in [-0.25, -0.2) is 8.42 Å². The van der Waals surface area contributed by atoms with Crippen LogP contribution >= 0.6 is 0 Å². The Morgan fingerprint density at radius 3 is 2.43 bits per heavy atom. The van der Waals surface area contributed by atoms with Gasteiger partial charge in [-0.1, -0.05) is 17.7 Å². The van der Waals surface area contributed by atoms with Gasteiger partial charge in [-0.2, -0.15) is 5.26 Å². The molecule has 0 fully saturated rings. The molecule has 2 rings (SSSR count). The van der Waals surface area contributed by atoms with Crippen LogP contribution in [0.1, 0.15) is 5.56 Å². The smallest absolute Gasteiger partial charge is 0.218 e. The summed E-state index contributed by atoms with van der Waals surface area (Å²) in [5.41, 5.74) is 0.939. The first kappa shape index (κ1) is 17.3. The van der Waals surface area contributed by atoms with E-state index < -0.39 is 19.5 Å². The van der Waals surface area contributed by atoms with Crippen LogP contribution in [0.5, 0.6) is 0 Å². The van der Waals surface area contributed by atoms with Crippen LogP contribution in [0.2, 0.25) is 0 Å². The Bertz CT molecular complexity index is 884. The Morgan fingerprint density at radius 2 is 1.87 bits per heavy atom. The lowest BCUT2D eigenvalue weighted by molar-refractivity contribution is 0.603. The normalized spacial score (nSPS) is 13.1. The van der Waals surface area contributed by atoms with Crippen LogP contribution in [0, 0.1) is 18.3 Å². The molecule has 5 nitrogen and oxygen atoms in total. The molecule has 1 aromatic heterocycles. The Balaban J connectivity index is 2.27. The third kappa shape index (κ3) is 4.22. The molecule has 0 amide bonds. The third-order valence-electron chi connectivity index (χ3n) is 2.89. The van der Waals surface area contributed by atoms with E-state index in [9.17, 15) is 13.7 Å². The molecule has 23 heavy (non-hydrogen) atoms. The lowest BCUT2D eigenvalue weighted by atomic mass is 10.2. The largest absolute Gasteiger partial charge is 0.328 e. The van der Waals surface area contributed by atoms with Crippen LogP contribution < -0.4 is 4.72 Å². The monoisotopic (exact) mass is 363 g/mol. The fourth-order valence-electron chi connectivity index (χ4n) is 1.65. The maximum absolute atomic E-state index is 12.5. The van der Waals surface area contributed by atoms with E-state index in [4.69, 9.17) is 11.2 Å². The molecule has 8 heteroatoms. The van der Waals surface area contributed by atoms with E-state index in [1.165, 1.54) is 12.1 Å². The van der Waals surface area contributed by atoms with Crippen LogP contribution in [0.3, 0.4) is 0 Å². The second-order valence-corrected chi connectivity index (χ2v) is 8.67. The second-order valence-electron chi connectivity index (χ2n) is 4.51. The van der Waals surface area contributed by atoms with E-state index in [2.05, 4.69) is 9.71 Å². The Morgan fingerprint density at radius 1 is 1.26 bits per heavy atom. The van der Waals surface area contributed by atoms with E-state index in [1.807, 2.05) is 6.92 Å². The molecule has 1 unspecified atom stereocenters. The molecule has 0 saturated heterocycles. The summed E-state index contributed by atoms with van der Waals surface area (Å²) in [5, 5.41) is 9.18. The molecule has 1 heterocycles. The Labute approximate surface area is 142 Å². The van der Waals surface area contributed by atoms with Gasteiger partial charge in [0, 0.05) is 33.1 Å². The number of aromatic nitrogens is 1. The zero-order valence-electron chi connectivity index (χ0n) is 12.1. The van der Waals surface area contributed by atoms with E-state index in [0.29, 0.717) is 0 Å². The standard InChI is InChI=1S/C15H13N3O2S3/c1-12-2-4-14(5-3-12)23(19,20)15(10-16)11-18-22(21)13-6-8-17-9-7-13/h2-9,11,18H,1H3/b15-11+. The van der Waals surface area contributed by atoms with E-state index in [1.54, 1.807) is 42.7 Å². The van der Waals surface area contributed by atoms with E-state index in [-0.39, 0.29) is 9.80 Å². The predicted molar refractivity (Wildman–Crippen MR) is 92.4 cm³/mol. The molecule has 0 saturated carbocycles. The minimum Gasteiger partial charge on any atom is -0.328 e. The molecule has 1 aromatic carbocycles. The molecule has 0 aliphatic rings. The number of rotatable bonds is 5. The van der Waals surface area contributed by atoms with Crippen molar-refractivity contribution in [2.75, 3.05) is 0 Å². The molecular formula is C15H13N3O2S3. The zero-order valence-corrected chi connectivity index (χ0v) is 14.6. The van der Waals surface area contributed by atoms with Crippen molar-refractivity contribution in [3.05, 3.63) is 65.5 Å². The quantitative estimate of drug-likeness (QED) is 0.820. The van der Waals surface area contributed by atoms with Gasteiger partial charge < -0.3 is 4.72 Å². The second kappa shape index (κ2) is 7.46. The average molecular weight is 363 g/mol. The number of aryl methyl sites for hydroxylation is 1. The van der Waals surface area contributed by atoms with Crippen molar-refractivity contribution in [3.8, 4) is 6.07 Å². The maximum atomic E-state index is 12.5. The lowest BCUT2D eigenvalue weighted by Crippen LogP contribution is -2.13. The highest BCUT2D eigenvalue weighted by molar-refractivity contribution is 8.27. The number of nitrogens with zero attached hydrogens (tertiary/aromatic N) is 2. The number of pyridine rings is 1. The van der Waals surface area contributed by atoms with Gasteiger partial charge in [-0.15, -0.1) is 0 Å². The summed E-state index contributed by atoms with van der Waals surface area (Å²) in [6, 6.07) is 11.5. The molecule has 0 bridgehead atoms. The van der Waals surface area contributed by atoms with E-state index in [0.717, 1.165) is 16.7 Å². The number of sulfone groups is 1. The highest BCUT2D eigenvalue weighted by Gasteiger charge is 2.20. The molecule has 1 atom stereocenters. The number of nitriles is 1. The van der Waals surface area contributed by atoms with Gasteiger partial charge in [0.2, 0.25) is 9.84 Å². The summed E-state index contributed by atoms with van der Waals surface area (Å²) in [6.45, 7) is 1.86. The van der Waals surface area contributed by atoms with Crippen LogP contribution in [0.25, 0.3) is 0 Å². The van der Waals surface area contributed by atoms with Gasteiger partial charge in [0.25, 0.3) is 0 Å². The molecule has 1 N–H and O–H groups in total. The number of benzene rings is 1. The highest BCUT2D eigenvalue weighted by Crippen LogP contribution is 2.19. The highest BCUT2D eigenvalue weighted by atomic mass is 32.8. The van der Waals surface area contributed by atoms with E-state index >= 15 is 0 Å². The SMILES string of the molecule is Cc1ccc(S(=O)(=O)/C(C#N)=C/NS(=S)c2ccncc2)cc1. The van der Waals surface area contributed by atoms with Crippen LogP contribution in [0.15, 0.2) is 69.7 Å². The van der Waals surface area contributed by atoms with Gasteiger partial charge in [0.05, 0.1) is 4.90 Å². The number of allylic oxidation sites excluding steroid dienone is 1. The van der Waals surface area contributed by atoms with Crippen molar-refractivity contribution < 1.29 is 8.42 Å². The fraction of sp³-hybridized carbons (Fsp3) is 0.0667. The predicted octanol–water partition coefficient (Wildman–Crippen LogP) is 2.17. The molecule has 0 radical (unpaired) electrons. The first-order valence-corrected chi connectivity index (χ1v) is 10.1. The Kier molecular flexibility index (Phi) is 5.60. The van der Waals surface area contributed by atoms with Crippen molar-refractivity contribution in [3.63, 3.8) is 0 Å². The molecule has 0 spiro atoms. The fourth-order valence-corrected chi connectivity index (χ4v) is 4.02. The molecule has 0 aliphatic carbocycles. The summed E-state index contributed by atoms with van der Waals surface area (Å²) >= 11 is 5.27. The summed E-state index contributed by atoms with van der Waals surface area (Å²) in [4.78, 5) is 4.38. The number of hydrogen-bond acceptors (Lipinski definition) is 5. The first-order chi connectivity index (χ1) is 10.9. The maximum Gasteiger partial charge on any atom is 0.218 e. The number of hydrogen-bond donors (Lipinski definition) is 1. The average Bonchev–Trinajstić information content (AvgIpc) is 2.56. The molecule has 0 aliphatic heterocycles. The first-order valence-electron chi connectivity index (χ1n) is 6.45. The molecule has 2 aromatic rings. The van der Waals surface area contributed by atoms with Crippen LogP contribution in [0.4, 0.5) is 0 Å². The lowest BCUT2D eigenvalue weighted by Gasteiger charge is -2.07. The Hall–Kier alpha value is -2.08. The van der Waals surface area contributed by atoms with Crippen molar-refractivity contribution >= 4 is 30.7 Å². The van der Waals surface area contributed by atoms with Gasteiger partial charge in [0.1, 0.15) is 6.07 Å². The van der Waals surface area contributed by atoms with Gasteiger partial charge in [-0.3, -0.25) is 4.98 Å². The van der Waals surface area contributed by atoms with Crippen LogP contribution in [-0.2, 0) is 30.7 Å². The van der Waals surface area contributed by atoms with Gasteiger partial charge >= 0.3 is 0 Å². The van der Waals surface area contributed by atoms with Crippen molar-refractivity contribution in [1.82, 2.24) is 9.71 Å².